The van der Waals surface area contributed by atoms with Gasteiger partial charge in [0.25, 0.3) is 5.56 Å². The second kappa shape index (κ2) is 8.56. The third-order valence-corrected chi connectivity index (χ3v) is 5.38. The molecule has 0 unspecified atom stereocenters. The molecule has 0 aliphatic heterocycles. The summed E-state index contributed by atoms with van der Waals surface area (Å²) >= 11 is 1.20. The largest absolute Gasteiger partial charge is 0.494 e. The summed E-state index contributed by atoms with van der Waals surface area (Å²) < 4.78 is 7.39. The molecule has 148 valence electrons. The molecule has 0 amide bonds. The smallest absolute Gasteiger partial charge is 0.337 e. The fourth-order valence-corrected chi connectivity index (χ4v) is 4.03. The predicted octanol–water partition coefficient (Wildman–Crippen LogP) is 4.45. The summed E-state index contributed by atoms with van der Waals surface area (Å²) in [6.07, 6.45) is 1.52. The van der Waals surface area contributed by atoms with E-state index in [1.165, 1.54) is 16.7 Å². The number of rotatable bonds is 8. The van der Waals surface area contributed by atoms with E-state index in [0.717, 1.165) is 24.2 Å². The summed E-state index contributed by atoms with van der Waals surface area (Å²) in [5.74, 6) is 0.500. The molecule has 1 aromatic carbocycles. The van der Waals surface area contributed by atoms with Crippen LogP contribution in [0, 0.1) is 6.92 Å². The van der Waals surface area contributed by atoms with Crippen molar-refractivity contribution in [3.05, 3.63) is 57.0 Å². The zero-order valence-electron chi connectivity index (χ0n) is 16.3. The number of benzene rings is 1. The Labute approximate surface area is 167 Å². The number of carbonyl (C=O) groups is 1. The van der Waals surface area contributed by atoms with Crippen molar-refractivity contribution in [1.29, 1.82) is 0 Å². The Morgan fingerprint density at radius 3 is 2.79 bits per heavy atom. The highest BCUT2D eigenvalue weighted by Gasteiger charge is 2.20. The Kier molecular flexibility index (Phi) is 6.14. The van der Waals surface area contributed by atoms with E-state index in [1.54, 1.807) is 4.57 Å². The maximum Gasteiger partial charge on any atom is 0.337 e. The number of thiophene rings is 1. The van der Waals surface area contributed by atoms with Crippen LogP contribution in [0.5, 0.6) is 5.75 Å². The molecule has 1 N–H and O–H groups in total. The number of ether oxygens (including phenoxy) is 1. The average molecular weight is 401 g/mol. The Bertz CT molecular complexity index is 1050. The number of hydrogen-bond donors (Lipinski definition) is 1. The zero-order chi connectivity index (χ0) is 20.3. The summed E-state index contributed by atoms with van der Waals surface area (Å²) in [5, 5.41) is 11.1. The maximum absolute atomic E-state index is 13.0. The van der Waals surface area contributed by atoms with Gasteiger partial charge in [0, 0.05) is 17.8 Å². The first-order chi connectivity index (χ1) is 13.4. The number of fused-ring (bicyclic) bond motifs is 1. The van der Waals surface area contributed by atoms with Crippen molar-refractivity contribution in [3.8, 4) is 5.75 Å². The molecule has 2 heterocycles. The number of nitrogens with zero attached hydrogens (tertiary/aromatic N) is 2. The molecule has 2 aromatic heterocycles. The predicted molar refractivity (Wildman–Crippen MR) is 111 cm³/mol. The van der Waals surface area contributed by atoms with Crippen LogP contribution in [0.4, 0.5) is 0 Å². The Hall–Kier alpha value is -2.67. The number of aryl methyl sites for hydroxylation is 1. The molecule has 0 bridgehead atoms. The second-order valence-corrected chi connectivity index (χ2v) is 7.95. The molecule has 0 atom stereocenters. The topological polar surface area (TPSA) is 81.4 Å². The number of hydrogen-bond acceptors (Lipinski definition) is 5. The number of carboxylic acid groups (broad SMARTS) is 1. The van der Waals surface area contributed by atoms with E-state index in [2.05, 4.69) is 4.98 Å². The van der Waals surface area contributed by atoms with Crippen LogP contribution in [-0.2, 0) is 6.54 Å². The summed E-state index contributed by atoms with van der Waals surface area (Å²) in [4.78, 5) is 29.5. The van der Waals surface area contributed by atoms with Crippen LogP contribution in [0.2, 0.25) is 0 Å². The van der Waals surface area contributed by atoms with Gasteiger partial charge in [-0.05, 0) is 37.5 Å². The summed E-state index contributed by atoms with van der Waals surface area (Å²) in [6.45, 7) is 7.03. The lowest BCUT2D eigenvalue weighted by Gasteiger charge is -2.15. The van der Waals surface area contributed by atoms with Gasteiger partial charge in [0.05, 0.1) is 17.6 Å². The summed E-state index contributed by atoms with van der Waals surface area (Å²) in [5.41, 5.74) is 0.909. The van der Waals surface area contributed by atoms with Crippen molar-refractivity contribution in [1.82, 2.24) is 9.55 Å². The molecule has 0 aliphatic carbocycles. The molecular formula is C21H24N2O4S. The molecule has 0 saturated heterocycles. The summed E-state index contributed by atoms with van der Waals surface area (Å²) in [7, 11) is 0. The van der Waals surface area contributed by atoms with Crippen LogP contribution in [0.3, 0.4) is 0 Å². The van der Waals surface area contributed by atoms with E-state index in [0.29, 0.717) is 23.8 Å². The van der Waals surface area contributed by atoms with Crippen LogP contribution in [0.25, 0.3) is 10.2 Å². The zero-order valence-corrected chi connectivity index (χ0v) is 17.1. The maximum atomic E-state index is 13.0. The van der Waals surface area contributed by atoms with Crippen LogP contribution in [-0.4, -0.2) is 27.2 Å². The molecule has 0 spiro atoms. The number of carboxylic acids is 1. The van der Waals surface area contributed by atoms with Crippen LogP contribution < -0.4 is 10.3 Å². The van der Waals surface area contributed by atoms with Crippen LogP contribution >= 0.6 is 11.3 Å². The minimum absolute atomic E-state index is 0.0318. The third kappa shape index (κ3) is 4.25. The molecule has 0 saturated carbocycles. The monoisotopic (exact) mass is 400 g/mol. The average Bonchev–Trinajstić information content (AvgIpc) is 3.07. The Morgan fingerprint density at radius 2 is 2.11 bits per heavy atom. The Morgan fingerprint density at radius 1 is 1.32 bits per heavy atom. The lowest BCUT2D eigenvalue weighted by Crippen LogP contribution is -2.27. The van der Waals surface area contributed by atoms with Gasteiger partial charge < -0.3 is 9.84 Å². The molecule has 0 fully saturated rings. The molecule has 3 rings (SSSR count). The fraction of sp³-hybridized carbons (Fsp3) is 0.381. The SMILES string of the molecule is Cc1cccc(OCCCCn2c(C(C)C)nc3scc(C(=O)O)c3c2=O)c1. The van der Waals surface area contributed by atoms with Crippen molar-refractivity contribution in [2.24, 2.45) is 0 Å². The van der Waals surface area contributed by atoms with Gasteiger partial charge in [-0.25, -0.2) is 9.78 Å². The lowest BCUT2D eigenvalue weighted by atomic mass is 10.1. The molecule has 7 heteroatoms. The van der Waals surface area contributed by atoms with E-state index < -0.39 is 5.97 Å². The van der Waals surface area contributed by atoms with Gasteiger partial charge in [-0.2, -0.15) is 0 Å². The molecule has 0 radical (unpaired) electrons. The molecule has 28 heavy (non-hydrogen) atoms. The first-order valence-corrected chi connectivity index (χ1v) is 10.2. The number of aromatic carboxylic acids is 1. The van der Waals surface area contributed by atoms with Crippen molar-refractivity contribution in [2.75, 3.05) is 6.61 Å². The molecular weight excluding hydrogens is 376 g/mol. The van der Waals surface area contributed by atoms with Crippen LogP contribution in [0.1, 0.15) is 54.4 Å². The molecule has 0 aliphatic rings. The van der Waals surface area contributed by atoms with E-state index in [1.807, 2.05) is 45.0 Å². The van der Waals surface area contributed by atoms with E-state index in [-0.39, 0.29) is 22.4 Å². The van der Waals surface area contributed by atoms with Crippen molar-refractivity contribution in [2.45, 2.75) is 46.1 Å². The first kappa shape index (κ1) is 20.1. The highest BCUT2D eigenvalue weighted by atomic mass is 32.1. The van der Waals surface area contributed by atoms with Gasteiger partial charge in [0.1, 0.15) is 16.4 Å². The second-order valence-electron chi connectivity index (χ2n) is 7.09. The highest BCUT2D eigenvalue weighted by Crippen LogP contribution is 2.24. The fourth-order valence-electron chi connectivity index (χ4n) is 3.12. The van der Waals surface area contributed by atoms with Crippen molar-refractivity contribution < 1.29 is 14.6 Å². The third-order valence-electron chi connectivity index (χ3n) is 4.50. The van der Waals surface area contributed by atoms with Gasteiger partial charge in [0.15, 0.2) is 0 Å². The lowest BCUT2D eigenvalue weighted by molar-refractivity contribution is 0.0699. The van der Waals surface area contributed by atoms with Gasteiger partial charge in [0.2, 0.25) is 0 Å². The minimum atomic E-state index is -1.10. The van der Waals surface area contributed by atoms with E-state index in [9.17, 15) is 14.7 Å². The molecule has 6 nitrogen and oxygen atoms in total. The van der Waals surface area contributed by atoms with Gasteiger partial charge in [-0.3, -0.25) is 9.36 Å². The van der Waals surface area contributed by atoms with Gasteiger partial charge in [-0.15, -0.1) is 11.3 Å². The minimum Gasteiger partial charge on any atom is -0.494 e. The van der Waals surface area contributed by atoms with Crippen molar-refractivity contribution in [3.63, 3.8) is 0 Å². The van der Waals surface area contributed by atoms with Gasteiger partial charge in [-0.1, -0.05) is 26.0 Å². The van der Waals surface area contributed by atoms with E-state index in [4.69, 9.17) is 4.74 Å². The number of aromatic nitrogens is 2. The van der Waals surface area contributed by atoms with Gasteiger partial charge >= 0.3 is 5.97 Å². The highest BCUT2D eigenvalue weighted by molar-refractivity contribution is 7.17. The molecule has 3 aromatic rings. The van der Waals surface area contributed by atoms with E-state index >= 15 is 0 Å². The summed E-state index contributed by atoms with van der Waals surface area (Å²) in [6, 6.07) is 7.89. The normalized spacial score (nSPS) is 11.3. The quantitative estimate of drug-likeness (QED) is 0.565. The number of unbranched alkanes of at least 4 members (excludes halogenated alkanes) is 1. The van der Waals surface area contributed by atoms with Crippen LogP contribution in [0.15, 0.2) is 34.4 Å². The van der Waals surface area contributed by atoms with Crippen molar-refractivity contribution >= 4 is 27.5 Å². The Balaban J connectivity index is 1.75. The first-order valence-electron chi connectivity index (χ1n) is 9.33. The standard InChI is InChI=1S/C21H24N2O4S/c1-13(2)18-22-19-17(16(12-28-19)21(25)26)20(24)23(18)9-4-5-10-27-15-8-6-7-14(3)11-15/h6-8,11-13H,4-5,9-10H2,1-3H3,(H,25,26).